The lowest BCUT2D eigenvalue weighted by molar-refractivity contribution is -0.129. The summed E-state index contributed by atoms with van der Waals surface area (Å²) in [5.74, 6) is 0.184. The lowest BCUT2D eigenvalue weighted by Gasteiger charge is -2.35. The number of piperazine rings is 1. The van der Waals surface area contributed by atoms with Crippen molar-refractivity contribution in [2.45, 2.75) is 27.7 Å². The SMILES string of the molecule is CC.CC(=O)N1CCN(c2ccc(C)cc2)CC1. The smallest absolute Gasteiger partial charge is 0.219 e. The molecule has 18 heavy (non-hydrogen) atoms. The van der Waals surface area contributed by atoms with Gasteiger partial charge in [0.15, 0.2) is 0 Å². The molecule has 1 fully saturated rings. The molecule has 1 saturated heterocycles. The van der Waals surface area contributed by atoms with Crippen molar-refractivity contribution >= 4 is 11.6 Å². The van der Waals surface area contributed by atoms with Crippen LogP contribution in [0.3, 0.4) is 0 Å². The van der Waals surface area contributed by atoms with Crippen molar-refractivity contribution in [2.24, 2.45) is 0 Å². The molecule has 0 aromatic heterocycles. The van der Waals surface area contributed by atoms with Gasteiger partial charge in [0.05, 0.1) is 0 Å². The van der Waals surface area contributed by atoms with Crippen LogP contribution in [0.4, 0.5) is 5.69 Å². The van der Waals surface area contributed by atoms with Crippen LogP contribution in [-0.2, 0) is 4.79 Å². The molecule has 1 aliphatic rings. The predicted octanol–water partition coefficient (Wildman–Crippen LogP) is 2.69. The zero-order valence-corrected chi connectivity index (χ0v) is 11.9. The molecule has 100 valence electrons. The second-order valence-corrected chi connectivity index (χ2v) is 4.33. The number of amides is 1. The van der Waals surface area contributed by atoms with Gasteiger partial charge in [0.25, 0.3) is 0 Å². The van der Waals surface area contributed by atoms with Gasteiger partial charge in [-0.1, -0.05) is 31.5 Å². The normalized spacial score (nSPS) is 14.9. The van der Waals surface area contributed by atoms with Gasteiger partial charge in [-0.2, -0.15) is 0 Å². The number of hydrogen-bond donors (Lipinski definition) is 0. The van der Waals surface area contributed by atoms with E-state index >= 15 is 0 Å². The average molecular weight is 248 g/mol. The topological polar surface area (TPSA) is 23.6 Å². The molecule has 0 N–H and O–H groups in total. The van der Waals surface area contributed by atoms with Gasteiger partial charge < -0.3 is 9.80 Å². The van der Waals surface area contributed by atoms with E-state index in [1.165, 1.54) is 11.3 Å². The van der Waals surface area contributed by atoms with Crippen LogP contribution < -0.4 is 4.90 Å². The summed E-state index contributed by atoms with van der Waals surface area (Å²) in [7, 11) is 0. The molecule has 0 radical (unpaired) electrons. The Kier molecular flexibility index (Phi) is 5.69. The Bertz CT molecular complexity index is 365. The van der Waals surface area contributed by atoms with E-state index in [9.17, 15) is 4.79 Å². The Balaban J connectivity index is 0.000000771. The second-order valence-electron chi connectivity index (χ2n) is 4.33. The maximum atomic E-state index is 11.2. The third-order valence-electron chi connectivity index (χ3n) is 3.12. The van der Waals surface area contributed by atoms with Gasteiger partial charge in [-0.25, -0.2) is 0 Å². The van der Waals surface area contributed by atoms with E-state index in [1.807, 2.05) is 18.7 Å². The molecule has 0 atom stereocenters. The van der Waals surface area contributed by atoms with Crippen LogP contribution in [0.2, 0.25) is 0 Å². The molecule has 0 saturated carbocycles. The van der Waals surface area contributed by atoms with E-state index in [2.05, 4.69) is 36.1 Å². The fraction of sp³-hybridized carbons (Fsp3) is 0.533. The number of carbonyl (C=O) groups excluding carboxylic acids is 1. The molecule has 0 spiro atoms. The van der Waals surface area contributed by atoms with E-state index in [0.29, 0.717) is 0 Å². The Morgan fingerprint density at radius 2 is 1.50 bits per heavy atom. The molecular formula is C15H24N2O. The van der Waals surface area contributed by atoms with Gasteiger partial charge in [-0.05, 0) is 19.1 Å². The number of carbonyl (C=O) groups is 1. The highest BCUT2D eigenvalue weighted by Crippen LogP contribution is 2.16. The van der Waals surface area contributed by atoms with E-state index in [-0.39, 0.29) is 5.91 Å². The van der Waals surface area contributed by atoms with Crippen molar-refractivity contribution < 1.29 is 4.79 Å². The number of nitrogens with zero attached hydrogens (tertiary/aromatic N) is 2. The first kappa shape index (κ1) is 14.6. The van der Waals surface area contributed by atoms with E-state index in [1.54, 1.807) is 6.92 Å². The zero-order valence-electron chi connectivity index (χ0n) is 11.9. The molecule has 1 aromatic rings. The summed E-state index contributed by atoms with van der Waals surface area (Å²) in [5.41, 5.74) is 2.54. The summed E-state index contributed by atoms with van der Waals surface area (Å²) in [4.78, 5) is 15.4. The molecule has 1 heterocycles. The van der Waals surface area contributed by atoms with Crippen LogP contribution in [-0.4, -0.2) is 37.0 Å². The van der Waals surface area contributed by atoms with Gasteiger partial charge in [-0.3, -0.25) is 4.79 Å². The zero-order chi connectivity index (χ0) is 13.5. The predicted molar refractivity (Wildman–Crippen MR) is 77.0 cm³/mol. The number of hydrogen-bond acceptors (Lipinski definition) is 2. The Labute approximate surface area is 110 Å². The Hall–Kier alpha value is -1.51. The number of anilines is 1. The maximum Gasteiger partial charge on any atom is 0.219 e. The lowest BCUT2D eigenvalue weighted by atomic mass is 10.2. The molecule has 1 aromatic carbocycles. The van der Waals surface area contributed by atoms with Crippen LogP contribution in [0.25, 0.3) is 0 Å². The van der Waals surface area contributed by atoms with Crippen molar-refractivity contribution in [1.82, 2.24) is 4.90 Å². The quantitative estimate of drug-likeness (QED) is 0.763. The summed E-state index contributed by atoms with van der Waals surface area (Å²) in [6.07, 6.45) is 0. The summed E-state index contributed by atoms with van der Waals surface area (Å²) in [5, 5.41) is 0. The summed E-state index contributed by atoms with van der Waals surface area (Å²) in [6, 6.07) is 8.57. The number of benzene rings is 1. The fourth-order valence-electron chi connectivity index (χ4n) is 2.04. The molecule has 0 aliphatic carbocycles. The highest BCUT2D eigenvalue weighted by Gasteiger charge is 2.18. The van der Waals surface area contributed by atoms with Crippen LogP contribution in [0, 0.1) is 6.92 Å². The molecule has 0 unspecified atom stereocenters. The lowest BCUT2D eigenvalue weighted by Crippen LogP contribution is -2.48. The third-order valence-corrected chi connectivity index (χ3v) is 3.12. The standard InChI is InChI=1S/C13H18N2O.C2H6/c1-11-3-5-13(6-4-11)15-9-7-14(8-10-15)12(2)16;1-2/h3-6H,7-10H2,1-2H3;1-2H3. The monoisotopic (exact) mass is 248 g/mol. The highest BCUT2D eigenvalue weighted by molar-refractivity contribution is 5.73. The van der Waals surface area contributed by atoms with Gasteiger partial charge in [0.1, 0.15) is 0 Å². The minimum absolute atomic E-state index is 0.184. The van der Waals surface area contributed by atoms with E-state index in [0.717, 1.165) is 26.2 Å². The first-order valence-electron chi connectivity index (χ1n) is 6.74. The molecule has 1 amide bonds. The fourth-order valence-corrected chi connectivity index (χ4v) is 2.04. The Morgan fingerprint density at radius 1 is 1.00 bits per heavy atom. The molecule has 0 bridgehead atoms. The first-order chi connectivity index (χ1) is 8.66. The summed E-state index contributed by atoms with van der Waals surface area (Å²) >= 11 is 0. The van der Waals surface area contributed by atoms with Crippen molar-refractivity contribution in [3.8, 4) is 0 Å². The average Bonchev–Trinajstić information content (AvgIpc) is 2.42. The number of aryl methyl sites for hydroxylation is 1. The first-order valence-corrected chi connectivity index (χ1v) is 6.74. The summed E-state index contributed by atoms with van der Waals surface area (Å²) in [6.45, 7) is 11.3. The molecular weight excluding hydrogens is 224 g/mol. The van der Waals surface area contributed by atoms with Crippen molar-refractivity contribution in [2.75, 3.05) is 31.1 Å². The minimum atomic E-state index is 0.184. The molecule has 3 heteroatoms. The van der Waals surface area contributed by atoms with Gasteiger partial charge in [0.2, 0.25) is 5.91 Å². The Morgan fingerprint density at radius 3 is 1.94 bits per heavy atom. The molecule has 3 nitrogen and oxygen atoms in total. The second kappa shape index (κ2) is 7.04. The summed E-state index contributed by atoms with van der Waals surface area (Å²) < 4.78 is 0. The van der Waals surface area contributed by atoms with Crippen molar-refractivity contribution in [3.05, 3.63) is 29.8 Å². The third kappa shape index (κ3) is 3.76. The molecule has 1 aliphatic heterocycles. The maximum absolute atomic E-state index is 11.2. The van der Waals surface area contributed by atoms with E-state index < -0.39 is 0 Å². The van der Waals surface area contributed by atoms with Crippen LogP contribution in [0.5, 0.6) is 0 Å². The van der Waals surface area contributed by atoms with Crippen molar-refractivity contribution in [3.63, 3.8) is 0 Å². The van der Waals surface area contributed by atoms with Crippen LogP contribution in [0.1, 0.15) is 26.3 Å². The van der Waals surface area contributed by atoms with E-state index in [4.69, 9.17) is 0 Å². The van der Waals surface area contributed by atoms with Gasteiger partial charge in [0, 0.05) is 38.8 Å². The van der Waals surface area contributed by atoms with Crippen LogP contribution in [0.15, 0.2) is 24.3 Å². The minimum Gasteiger partial charge on any atom is -0.368 e. The largest absolute Gasteiger partial charge is 0.368 e. The number of rotatable bonds is 1. The highest BCUT2D eigenvalue weighted by atomic mass is 16.2. The molecule has 2 rings (SSSR count). The van der Waals surface area contributed by atoms with Crippen molar-refractivity contribution in [1.29, 1.82) is 0 Å². The van der Waals surface area contributed by atoms with Crippen LogP contribution >= 0.6 is 0 Å². The van der Waals surface area contributed by atoms with Gasteiger partial charge >= 0.3 is 0 Å². The van der Waals surface area contributed by atoms with Gasteiger partial charge in [-0.15, -0.1) is 0 Å².